The Balaban J connectivity index is 1.96. The number of amides is 1. The Morgan fingerprint density at radius 3 is 2.41 bits per heavy atom. The van der Waals surface area contributed by atoms with Crippen LogP contribution in [-0.2, 0) is 14.8 Å². The minimum Gasteiger partial charge on any atom is -0.497 e. The van der Waals surface area contributed by atoms with Gasteiger partial charge in [-0.1, -0.05) is 6.07 Å². The van der Waals surface area contributed by atoms with Crippen LogP contribution < -0.4 is 19.1 Å². The number of rotatable bonds is 10. The topological polar surface area (TPSA) is 84.9 Å². The summed E-state index contributed by atoms with van der Waals surface area (Å²) in [5, 5.41) is 2.77. The average molecular weight is 439 g/mol. The fraction of sp³-hybridized carbons (Fsp3) is 0.350. The molecule has 7 nitrogen and oxygen atoms in total. The first-order valence-electron chi connectivity index (χ1n) is 8.91. The van der Waals surface area contributed by atoms with Crippen LogP contribution in [0.1, 0.15) is 6.92 Å². The van der Waals surface area contributed by atoms with Crippen molar-refractivity contribution in [2.75, 3.05) is 37.1 Å². The number of methoxy groups -OCH3 is 1. The fourth-order valence-electron chi connectivity index (χ4n) is 2.55. The molecule has 0 spiro atoms. The molecule has 0 aliphatic heterocycles. The summed E-state index contributed by atoms with van der Waals surface area (Å²) in [7, 11) is -2.03. The Hall–Kier alpha value is -2.39. The van der Waals surface area contributed by atoms with E-state index >= 15 is 0 Å². The number of carbonyl (C=O) groups excluding carboxylic acids is 1. The number of ether oxygens (including phenoxy) is 2. The van der Waals surface area contributed by atoms with E-state index < -0.39 is 15.9 Å². The predicted molar refractivity (Wildman–Crippen MR) is 117 cm³/mol. The highest BCUT2D eigenvalue weighted by Crippen LogP contribution is 2.24. The first-order valence-corrected chi connectivity index (χ1v) is 12.0. The summed E-state index contributed by atoms with van der Waals surface area (Å²) in [6.45, 7) is 1.74. The van der Waals surface area contributed by atoms with Crippen molar-refractivity contribution in [1.29, 1.82) is 0 Å². The number of nitrogens with zero attached hydrogens (tertiary/aromatic N) is 1. The van der Waals surface area contributed by atoms with E-state index in [0.717, 1.165) is 21.2 Å². The lowest BCUT2D eigenvalue weighted by Crippen LogP contribution is -2.44. The van der Waals surface area contributed by atoms with Gasteiger partial charge in [0.15, 0.2) is 0 Å². The molecule has 0 radical (unpaired) electrons. The highest BCUT2D eigenvalue weighted by Gasteiger charge is 2.22. The summed E-state index contributed by atoms with van der Waals surface area (Å²) >= 11 is 1.50. The Morgan fingerprint density at radius 1 is 1.17 bits per heavy atom. The molecule has 0 bridgehead atoms. The third-order valence-electron chi connectivity index (χ3n) is 4.00. The first-order chi connectivity index (χ1) is 13.7. The van der Waals surface area contributed by atoms with Crippen LogP contribution in [0.3, 0.4) is 0 Å². The maximum absolute atomic E-state index is 12.4. The minimum atomic E-state index is -3.62. The van der Waals surface area contributed by atoms with Crippen LogP contribution in [-0.4, -0.2) is 53.1 Å². The Morgan fingerprint density at radius 2 is 1.83 bits per heavy atom. The van der Waals surface area contributed by atoms with Crippen LogP contribution in [0.15, 0.2) is 53.4 Å². The highest BCUT2D eigenvalue weighted by atomic mass is 32.2. The van der Waals surface area contributed by atoms with Crippen LogP contribution >= 0.6 is 11.8 Å². The molecule has 1 atom stereocenters. The fourth-order valence-corrected chi connectivity index (χ4v) is 3.85. The third kappa shape index (κ3) is 7.17. The zero-order chi connectivity index (χ0) is 21.4. The Labute approximate surface area is 176 Å². The second-order valence-corrected chi connectivity index (χ2v) is 9.21. The van der Waals surface area contributed by atoms with Gasteiger partial charge in [0.05, 0.1) is 25.1 Å². The van der Waals surface area contributed by atoms with E-state index in [2.05, 4.69) is 5.32 Å². The summed E-state index contributed by atoms with van der Waals surface area (Å²) < 4.78 is 36.3. The van der Waals surface area contributed by atoms with Gasteiger partial charge in [-0.05, 0) is 55.6 Å². The van der Waals surface area contributed by atoms with Crippen molar-refractivity contribution in [3.8, 4) is 11.5 Å². The summed E-state index contributed by atoms with van der Waals surface area (Å²) in [5.74, 6) is 0.972. The van der Waals surface area contributed by atoms with E-state index in [9.17, 15) is 13.2 Å². The molecule has 9 heteroatoms. The van der Waals surface area contributed by atoms with Crippen LogP contribution in [0.25, 0.3) is 0 Å². The van der Waals surface area contributed by atoms with E-state index in [4.69, 9.17) is 9.47 Å². The monoisotopic (exact) mass is 438 g/mol. The minimum absolute atomic E-state index is 0.249. The Bertz CT molecular complexity index is 917. The lowest BCUT2D eigenvalue weighted by atomic mass is 10.3. The molecule has 0 unspecified atom stereocenters. The van der Waals surface area contributed by atoms with Crippen LogP contribution in [0.5, 0.6) is 11.5 Å². The number of hydrogen-bond acceptors (Lipinski definition) is 6. The molecule has 2 rings (SSSR count). The molecule has 1 amide bonds. The smallest absolute Gasteiger partial charge is 0.241 e. The summed E-state index contributed by atoms with van der Waals surface area (Å²) in [6.07, 6.45) is 2.99. The summed E-state index contributed by atoms with van der Waals surface area (Å²) in [4.78, 5) is 13.4. The molecule has 0 heterocycles. The molecule has 2 aromatic carbocycles. The zero-order valence-electron chi connectivity index (χ0n) is 16.9. The molecule has 2 aromatic rings. The van der Waals surface area contributed by atoms with E-state index in [-0.39, 0.29) is 19.2 Å². The van der Waals surface area contributed by atoms with Crippen molar-refractivity contribution < 1.29 is 22.7 Å². The van der Waals surface area contributed by atoms with Gasteiger partial charge in [0.2, 0.25) is 15.9 Å². The standard InChI is InChI=1S/C20H26N2O5S2/c1-15(14-27-18-10-8-17(26-2)9-11-18)21-20(23)13-22(29(4,24)25)16-6-5-7-19(12-16)28-3/h5-12,15H,13-14H2,1-4H3,(H,21,23)/t15-/m0/s1. The van der Waals surface area contributed by atoms with Crippen LogP contribution in [0.4, 0.5) is 5.69 Å². The van der Waals surface area contributed by atoms with Crippen molar-refractivity contribution in [2.24, 2.45) is 0 Å². The largest absolute Gasteiger partial charge is 0.497 e. The molecule has 0 saturated carbocycles. The van der Waals surface area contributed by atoms with E-state index in [1.807, 2.05) is 12.3 Å². The van der Waals surface area contributed by atoms with Gasteiger partial charge in [-0.2, -0.15) is 0 Å². The van der Waals surface area contributed by atoms with Gasteiger partial charge in [-0.15, -0.1) is 11.8 Å². The lowest BCUT2D eigenvalue weighted by Gasteiger charge is -2.23. The molecule has 1 N–H and O–H groups in total. The lowest BCUT2D eigenvalue weighted by molar-refractivity contribution is -0.120. The maximum atomic E-state index is 12.4. The predicted octanol–water partition coefficient (Wildman–Crippen LogP) is 2.77. The van der Waals surface area contributed by atoms with Gasteiger partial charge >= 0.3 is 0 Å². The van der Waals surface area contributed by atoms with Gasteiger partial charge in [0.1, 0.15) is 24.7 Å². The summed E-state index contributed by atoms with van der Waals surface area (Å²) in [6, 6.07) is 13.9. The SMILES string of the molecule is COc1ccc(OC[C@H](C)NC(=O)CN(c2cccc(SC)c2)S(C)(=O)=O)cc1. The number of nitrogens with one attached hydrogen (secondary N) is 1. The molecule has 0 aliphatic rings. The van der Waals surface area contributed by atoms with E-state index in [1.165, 1.54) is 11.8 Å². The van der Waals surface area contributed by atoms with Crippen molar-refractivity contribution in [2.45, 2.75) is 17.9 Å². The molecular formula is C20H26N2O5S2. The van der Waals surface area contributed by atoms with Crippen molar-refractivity contribution in [3.63, 3.8) is 0 Å². The Kier molecular flexibility index (Phi) is 8.21. The number of carbonyl (C=O) groups is 1. The molecule has 29 heavy (non-hydrogen) atoms. The zero-order valence-corrected chi connectivity index (χ0v) is 18.5. The van der Waals surface area contributed by atoms with E-state index in [0.29, 0.717) is 11.4 Å². The molecule has 0 aromatic heterocycles. The van der Waals surface area contributed by atoms with Crippen LogP contribution in [0, 0.1) is 0 Å². The van der Waals surface area contributed by atoms with Gasteiger partial charge in [-0.3, -0.25) is 9.10 Å². The second-order valence-electron chi connectivity index (χ2n) is 6.43. The first kappa shape index (κ1) is 22.9. The quantitative estimate of drug-likeness (QED) is 0.574. The average Bonchev–Trinajstić information content (AvgIpc) is 2.70. The van der Waals surface area contributed by atoms with Gasteiger partial charge in [0, 0.05) is 4.90 Å². The molecule has 0 fully saturated rings. The van der Waals surface area contributed by atoms with Gasteiger partial charge in [-0.25, -0.2) is 8.42 Å². The molecular weight excluding hydrogens is 412 g/mol. The number of anilines is 1. The maximum Gasteiger partial charge on any atom is 0.241 e. The highest BCUT2D eigenvalue weighted by molar-refractivity contribution is 7.98. The summed E-state index contributed by atoms with van der Waals surface area (Å²) in [5.41, 5.74) is 0.455. The van der Waals surface area contributed by atoms with Crippen molar-refractivity contribution in [3.05, 3.63) is 48.5 Å². The molecule has 0 aliphatic carbocycles. The molecule has 158 valence electrons. The van der Waals surface area contributed by atoms with E-state index in [1.54, 1.807) is 56.5 Å². The van der Waals surface area contributed by atoms with Crippen molar-refractivity contribution >= 4 is 33.4 Å². The number of thioether (sulfide) groups is 1. The second kappa shape index (κ2) is 10.4. The number of sulfonamides is 1. The normalized spacial score (nSPS) is 12.1. The molecule has 0 saturated heterocycles. The third-order valence-corrected chi connectivity index (χ3v) is 5.86. The number of benzene rings is 2. The van der Waals surface area contributed by atoms with Gasteiger partial charge < -0.3 is 14.8 Å². The van der Waals surface area contributed by atoms with Crippen LogP contribution in [0.2, 0.25) is 0 Å². The number of hydrogen-bond donors (Lipinski definition) is 1. The van der Waals surface area contributed by atoms with Crippen molar-refractivity contribution in [1.82, 2.24) is 5.32 Å². The van der Waals surface area contributed by atoms with Gasteiger partial charge in [0.25, 0.3) is 0 Å².